The second kappa shape index (κ2) is 4.88. The summed E-state index contributed by atoms with van der Waals surface area (Å²) in [6, 6.07) is 0.551. The van der Waals surface area contributed by atoms with Crippen LogP contribution in [0.4, 0.5) is 0 Å². The maximum Gasteiger partial charge on any atom is 0.272 e. The molecule has 90 valence electrons. The smallest absolute Gasteiger partial charge is 0.272 e. The summed E-state index contributed by atoms with van der Waals surface area (Å²) in [6.45, 7) is 0. The molecule has 1 heterocycles. The third kappa shape index (κ3) is 3.12. The van der Waals surface area contributed by atoms with Crippen LogP contribution in [0.1, 0.15) is 10.5 Å². The number of carbonyl (C=O) groups excluding carboxylic acids is 3. The Morgan fingerprint density at radius 3 is 2.24 bits per heavy atom. The minimum atomic E-state index is -1.63. The predicted octanol–water partition coefficient (Wildman–Crippen LogP) is -3.16. The highest BCUT2D eigenvalue weighted by molar-refractivity contribution is 6.07. The van der Waals surface area contributed by atoms with E-state index in [9.17, 15) is 19.2 Å². The van der Waals surface area contributed by atoms with E-state index in [4.69, 9.17) is 11.5 Å². The van der Waals surface area contributed by atoms with Gasteiger partial charge in [0.1, 0.15) is 5.69 Å². The summed E-state index contributed by atoms with van der Waals surface area (Å²) in [7, 11) is 0. The van der Waals surface area contributed by atoms with Crippen LogP contribution in [-0.4, -0.2) is 34.0 Å². The van der Waals surface area contributed by atoms with Crippen LogP contribution < -0.4 is 22.3 Å². The van der Waals surface area contributed by atoms with Gasteiger partial charge in [-0.2, -0.15) is 5.10 Å². The summed E-state index contributed by atoms with van der Waals surface area (Å²) in [4.78, 5) is 43.7. The van der Waals surface area contributed by atoms with Gasteiger partial charge >= 0.3 is 0 Å². The third-order valence-electron chi connectivity index (χ3n) is 1.76. The van der Waals surface area contributed by atoms with E-state index in [1.165, 1.54) is 0 Å². The number of aromatic amines is 1. The van der Waals surface area contributed by atoms with Gasteiger partial charge in [-0.05, 0) is 6.07 Å². The third-order valence-corrected chi connectivity index (χ3v) is 1.76. The Morgan fingerprint density at radius 1 is 1.24 bits per heavy atom. The molecule has 0 radical (unpaired) electrons. The number of nitrogens with one attached hydrogen (secondary N) is 2. The summed E-state index contributed by atoms with van der Waals surface area (Å²) < 4.78 is 0. The topological polar surface area (TPSA) is 161 Å². The first kappa shape index (κ1) is 12.4. The zero-order valence-electron chi connectivity index (χ0n) is 8.47. The van der Waals surface area contributed by atoms with Crippen molar-refractivity contribution < 1.29 is 14.4 Å². The van der Waals surface area contributed by atoms with Crippen molar-refractivity contribution in [1.29, 1.82) is 0 Å². The molecular formula is C8H9N5O4. The van der Waals surface area contributed by atoms with Crippen molar-refractivity contribution >= 4 is 17.7 Å². The lowest BCUT2D eigenvalue weighted by atomic mass is 10.2. The lowest BCUT2D eigenvalue weighted by Crippen LogP contribution is -2.52. The molecule has 1 rings (SSSR count). The first-order valence-corrected chi connectivity index (χ1v) is 4.37. The Balaban J connectivity index is 2.84. The molecule has 0 spiro atoms. The number of hydrogen-bond donors (Lipinski definition) is 4. The Morgan fingerprint density at radius 2 is 1.82 bits per heavy atom. The number of aromatic nitrogens is 2. The standard InChI is InChI=1S/C8H9N5O4/c9-6(15)5(7(10)16)11-8(17)3-1-2-4(14)13-12-3/h1-2,5H,(H2,9,15)(H2,10,16)(H,11,17)(H,13,14). The van der Waals surface area contributed by atoms with E-state index in [1.54, 1.807) is 0 Å². The number of rotatable bonds is 4. The molecule has 0 aliphatic carbocycles. The van der Waals surface area contributed by atoms with E-state index < -0.39 is 29.3 Å². The van der Waals surface area contributed by atoms with Gasteiger partial charge in [0.15, 0.2) is 6.04 Å². The largest absolute Gasteiger partial charge is 0.367 e. The summed E-state index contributed by atoms with van der Waals surface area (Å²) in [5, 5.41) is 7.39. The van der Waals surface area contributed by atoms with Gasteiger partial charge in [-0.25, -0.2) is 5.10 Å². The molecule has 0 saturated heterocycles. The minimum Gasteiger partial charge on any atom is -0.367 e. The molecule has 1 aromatic heterocycles. The van der Waals surface area contributed by atoms with Gasteiger partial charge in [0.05, 0.1) is 0 Å². The summed E-state index contributed by atoms with van der Waals surface area (Å²) in [5.74, 6) is -3.03. The van der Waals surface area contributed by atoms with E-state index >= 15 is 0 Å². The molecule has 0 saturated carbocycles. The van der Waals surface area contributed by atoms with Gasteiger partial charge in [0, 0.05) is 6.07 Å². The quantitative estimate of drug-likeness (QED) is 0.407. The van der Waals surface area contributed by atoms with Gasteiger partial charge < -0.3 is 16.8 Å². The molecule has 9 nitrogen and oxygen atoms in total. The van der Waals surface area contributed by atoms with Crippen molar-refractivity contribution in [3.8, 4) is 0 Å². The van der Waals surface area contributed by atoms with Crippen molar-refractivity contribution in [2.24, 2.45) is 11.5 Å². The van der Waals surface area contributed by atoms with Crippen LogP contribution in [0.2, 0.25) is 0 Å². The molecule has 0 fully saturated rings. The molecule has 6 N–H and O–H groups in total. The Hall–Kier alpha value is -2.71. The lowest BCUT2D eigenvalue weighted by Gasteiger charge is -2.10. The molecular weight excluding hydrogens is 230 g/mol. The molecule has 0 aromatic carbocycles. The van der Waals surface area contributed by atoms with Crippen molar-refractivity contribution in [3.05, 3.63) is 28.2 Å². The van der Waals surface area contributed by atoms with E-state index in [2.05, 4.69) is 5.10 Å². The molecule has 1 aromatic rings. The van der Waals surface area contributed by atoms with E-state index in [0.717, 1.165) is 12.1 Å². The predicted molar refractivity (Wildman–Crippen MR) is 54.5 cm³/mol. The van der Waals surface area contributed by atoms with Crippen molar-refractivity contribution in [2.75, 3.05) is 0 Å². The monoisotopic (exact) mass is 239 g/mol. The van der Waals surface area contributed by atoms with E-state index in [0.29, 0.717) is 0 Å². The van der Waals surface area contributed by atoms with Crippen LogP contribution in [0.3, 0.4) is 0 Å². The van der Waals surface area contributed by atoms with Gasteiger partial charge in [-0.1, -0.05) is 0 Å². The number of hydrogen-bond acceptors (Lipinski definition) is 5. The molecule has 17 heavy (non-hydrogen) atoms. The van der Waals surface area contributed by atoms with Crippen molar-refractivity contribution in [2.45, 2.75) is 6.04 Å². The summed E-state index contributed by atoms with van der Waals surface area (Å²) in [5.41, 5.74) is 9.03. The van der Waals surface area contributed by atoms with Crippen LogP contribution in [0.5, 0.6) is 0 Å². The second-order valence-corrected chi connectivity index (χ2v) is 3.02. The van der Waals surface area contributed by atoms with Crippen LogP contribution >= 0.6 is 0 Å². The highest BCUT2D eigenvalue weighted by atomic mass is 16.2. The fourth-order valence-corrected chi connectivity index (χ4v) is 0.958. The minimum absolute atomic E-state index is 0.183. The maximum atomic E-state index is 11.5. The highest BCUT2D eigenvalue weighted by Crippen LogP contribution is 1.91. The van der Waals surface area contributed by atoms with Crippen molar-refractivity contribution in [3.63, 3.8) is 0 Å². The van der Waals surface area contributed by atoms with E-state index in [1.807, 2.05) is 10.4 Å². The Bertz CT molecular complexity index is 488. The number of primary amides is 2. The molecule has 0 aliphatic heterocycles. The van der Waals surface area contributed by atoms with Crippen LogP contribution in [0.15, 0.2) is 16.9 Å². The second-order valence-electron chi connectivity index (χ2n) is 3.02. The first-order valence-electron chi connectivity index (χ1n) is 4.37. The molecule has 0 unspecified atom stereocenters. The molecule has 0 aliphatic rings. The fourth-order valence-electron chi connectivity index (χ4n) is 0.958. The fraction of sp³-hybridized carbons (Fsp3) is 0.125. The van der Waals surface area contributed by atoms with Crippen LogP contribution in [0, 0.1) is 0 Å². The normalized spacial score (nSPS) is 9.94. The van der Waals surface area contributed by atoms with Crippen molar-refractivity contribution in [1.82, 2.24) is 15.5 Å². The Labute approximate surface area is 94.2 Å². The lowest BCUT2D eigenvalue weighted by molar-refractivity contribution is -0.128. The SMILES string of the molecule is NC(=O)C(NC(=O)c1ccc(=O)[nH]n1)C(N)=O. The highest BCUT2D eigenvalue weighted by Gasteiger charge is 2.24. The zero-order valence-corrected chi connectivity index (χ0v) is 8.47. The summed E-state index contributed by atoms with van der Waals surface area (Å²) in [6.07, 6.45) is 0. The molecule has 0 atom stereocenters. The van der Waals surface area contributed by atoms with E-state index in [-0.39, 0.29) is 5.69 Å². The maximum absolute atomic E-state index is 11.5. The first-order chi connectivity index (χ1) is 7.91. The molecule has 0 bridgehead atoms. The number of nitrogens with zero attached hydrogens (tertiary/aromatic N) is 1. The van der Waals surface area contributed by atoms with Gasteiger partial charge in [0.25, 0.3) is 11.5 Å². The van der Waals surface area contributed by atoms with Crippen LogP contribution in [0.25, 0.3) is 0 Å². The number of amides is 3. The van der Waals surface area contributed by atoms with Crippen LogP contribution in [-0.2, 0) is 9.59 Å². The van der Waals surface area contributed by atoms with Gasteiger partial charge in [0.2, 0.25) is 11.8 Å². The van der Waals surface area contributed by atoms with Gasteiger partial charge in [-0.3, -0.25) is 19.2 Å². The number of nitrogens with two attached hydrogens (primary N) is 2. The number of H-pyrrole nitrogens is 1. The zero-order chi connectivity index (χ0) is 13.0. The van der Waals surface area contributed by atoms with Gasteiger partial charge in [-0.15, -0.1) is 0 Å². The summed E-state index contributed by atoms with van der Waals surface area (Å²) >= 11 is 0. The average molecular weight is 239 g/mol. The molecule has 9 heteroatoms. The Kier molecular flexibility index (Phi) is 3.55. The molecule has 3 amide bonds. The average Bonchev–Trinajstić information content (AvgIpc) is 2.25. The number of carbonyl (C=O) groups is 3.